The molecule has 0 unspecified atom stereocenters. The highest BCUT2D eigenvalue weighted by Gasteiger charge is 2.25. The maximum Gasteiger partial charge on any atom is 0.469 e. The van der Waals surface area contributed by atoms with E-state index in [1.165, 1.54) is 103 Å². The van der Waals surface area contributed by atoms with Crippen molar-refractivity contribution in [2.45, 2.75) is 180 Å². The molecule has 0 aliphatic rings. The SMILES string of the molecule is CCCCCCCCCCCCCCCCC[C@@H](O)[C@H](COP(=O)(O)O)NC(=O)CCCCCCCCC. The van der Waals surface area contributed by atoms with Crippen molar-refractivity contribution in [3.63, 3.8) is 0 Å². The summed E-state index contributed by atoms with van der Waals surface area (Å²) in [5, 5.41) is 13.3. The maximum atomic E-state index is 12.4. The standard InChI is InChI=1S/C30H62NO6P/c1-3-5-7-9-11-12-13-14-15-16-17-18-20-21-23-25-29(32)28(27-37-38(34,35)36)31-30(33)26-24-22-19-10-8-6-4-2/h28-29,32H,3-27H2,1-2H3,(H,31,33)(H2,34,35,36)/t28-,29+/m0/s1. The highest BCUT2D eigenvalue weighted by molar-refractivity contribution is 7.46. The Morgan fingerprint density at radius 2 is 1.03 bits per heavy atom. The molecule has 0 aromatic heterocycles. The number of rotatable bonds is 29. The Kier molecular flexibility index (Phi) is 26.4. The lowest BCUT2D eigenvalue weighted by Gasteiger charge is -2.24. The number of aliphatic hydroxyl groups is 1. The van der Waals surface area contributed by atoms with Crippen molar-refractivity contribution in [1.82, 2.24) is 5.32 Å². The van der Waals surface area contributed by atoms with Crippen LogP contribution in [-0.2, 0) is 13.9 Å². The smallest absolute Gasteiger partial charge is 0.391 e. The highest BCUT2D eigenvalue weighted by Crippen LogP contribution is 2.36. The Morgan fingerprint density at radius 3 is 1.42 bits per heavy atom. The molecule has 0 fully saturated rings. The third kappa shape index (κ3) is 27.1. The second kappa shape index (κ2) is 26.7. The van der Waals surface area contributed by atoms with Crippen LogP contribution in [0.15, 0.2) is 0 Å². The molecule has 0 aromatic carbocycles. The van der Waals surface area contributed by atoms with Crippen LogP contribution in [0.1, 0.15) is 168 Å². The molecule has 7 nitrogen and oxygen atoms in total. The van der Waals surface area contributed by atoms with Crippen molar-refractivity contribution in [3.8, 4) is 0 Å². The summed E-state index contributed by atoms with van der Waals surface area (Å²) in [7, 11) is -4.67. The third-order valence-electron chi connectivity index (χ3n) is 7.34. The van der Waals surface area contributed by atoms with Gasteiger partial charge >= 0.3 is 7.82 Å². The first-order chi connectivity index (χ1) is 18.3. The van der Waals surface area contributed by atoms with Crippen molar-refractivity contribution in [2.75, 3.05) is 6.61 Å². The summed E-state index contributed by atoms with van der Waals surface area (Å²) in [5.41, 5.74) is 0. The lowest BCUT2D eigenvalue weighted by molar-refractivity contribution is -0.123. The summed E-state index contributed by atoms with van der Waals surface area (Å²) in [6.45, 7) is 4.05. The van der Waals surface area contributed by atoms with Gasteiger partial charge in [0, 0.05) is 6.42 Å². The lowest BCUT2D eigenvalue weighted by Crippen LogP contribution is -2.46. The van der Waals surface area contributed by atoms with Gasteiger partial charge in [0.25, 0.3) is 0 Å². The van der Waals surface area contributed by atoms with Crippen LogP contribution in [0, 0.1) is 0 Å². The van der Waals surface area contributed by atoms with Crippen LogP contribution >= 0.6 is 7.82 Å². The quantitative estimate of drug-likeness (QED) is 0.0537. The summed E-state index contributed by atoms with van der Waals surface area (Å²) in [6.07, 6.45) is 26.7. The van der Waals surface area contributed by atoms with E-state index in [0.29, 0.717) is 12.8 Å². The molecular formula is C30H62NO6P. The molecule has 0 spiro atoms. The van der Waals surface area contributed by atoms with Gasteiger partial charge in [0.05, 0.1) is 18.8 Å². The molecule has 38 heavy (non-hydrogen) atoms. The first-order valence-corrected chi connectivity index (χ1v) is 17.5. The molecule has 0 aliphatic heterocycles. The van der Waals surface area contributed by atoms with E-state index < -0.39 is 26.6 Å². The zero-order chi connectivity index (χ0) is 28.3. The zero-order valence-electron chi connectivity index (χ0n) is 24.8. The zero-order valence-corrected chi connectivity index (χ0v) is 25.7. The number of aliphatic hydroxyl groups excluding tert-OH is 1. The molecular weight excluding hydrogens is 501 g/mol. The van der Waals surface area contributed by atoms with Gasteiger partial charge in [-0.2, -0.15) is 0 Å². The van der Waals surface area contributed by atoms with E-state index in [1.807, 2.05) is 0 Å². The van der Waals surface area contributed by atoms with Crippen LogP contribution in [0.5, 0.6) is 0 Å². The molecule has 4 N–H and O–H groups in total. The Morgan fingerprint density at radius 1 is 0.658 bits per heavy atom. The van der Waals surface area contributed by atoms with E-state index in [1.54, 1.807) is 0 Å². The number of unbranched alkanes of at least 4 members (excludes halogenated alkanes) is 20. The minimum Gasteiger partial charge on any atom is -0.391 e. The number of nitrogens with one attached hydrogen (secondary N) is 1. The van der Waals surface area contributed by atoms with Crippen LogP contribution < -0.4 is 5.32 Å². The van der Waals surface area contributed by atoms with Crippen molar-refractivity contribution in [2.24, 2.45) is 0 Å². The number of hydrogen-bond acceptors (Lipinski definition) is 4. The summed E-state index contributed by atoms with van der Waals surface area (Å²) in [5.74, 6) is -0.201. The van der Waals surface area contributed by atoms with Gasteiger partial charge in [-0.05, 0) is 12.8 Å². The second-order valence-corrected chi connectivity index (χ2v) is 12.4. The molecule has 1 amide bonds. The first-order valence-electron chi connectivity index (χ1n) is 16.0. The minimum absolute atomic E-state index is 0.201. The van der Waals surface area contributed by atoms with Crippen LogP contribution in [0.25, 0.3) is 0 Å². The minimum atomic E-state index is -4.67. The van der Waals surface area contributed by atoms with E-state index >= 15 is 0 Å². The monoisotopic (exact) mass is 563 g/mol. The number of phosphoric acid groups is 1. The van der Waals surface area contributed by atoms with Gasteiger partial charge < -0.3 is 20.2 Å². The van der Waals surface area contributed by atoms with Crippen molar-refractivity contribution in [1.29, 1.82) is 0 Å². The molecule has 228 valence electrons. The largest absolute Gasteiger partial charge is 0.469 e. The Balaban J connectivity index is 3.98. The molecule has 0 aliphatic carbocycles. The summed E-state index contributed by atoms with van der Waals surface area (Å²) < 4.78 is 15.8. The molecule has 8 heteroatoms. The Hall–Kier alpha value is -0.460. The van der Waals surface area contributed by atoms with Crippen LogP contribution in [0.4, 0.5) is 0 Å². The molecule has 0 saturated carbocycles. The van der Waals surface area contributed by atoms with E-state index in [0.717, 1.165) is 38.5 Å². The molecule has 0 rings (SSSR count). The average molecular weight is 564 g/mol. The lowest BCUT2D eigenvalue weighted by atomic mass is 10.0. The first kappa shape index (κ1) is 37.5. The molecule has 2 atom stereocenters. The average Bonchev–Trinajstić information content (AvgIpc) is 2.87. The summed E-state index contributed by atoms with van der Waals surface area (Å²) >= 11 is 0. The van der Waals surface area contributed by atoms with Gasteiger partial charge in [-0.3, -0.25) is 9.32 Å². The molecule has 0 radical (unpaired) electrons. The Bertz CT molecular complexity index is 571. The fourth-order valence-corrected chi connectivity index (χ4v) is 5.23. The fourth-order valence-electron chi connectivity index (χ4n) is 4.87. The van der Waals surface area contributed by atoms with Gasteiger partial charge in [-0.25, -0.2) is 4.57 Å². The van der Waals surface area contributed by atoms with Crippen molar-refractivity contribution in [3.05, 3.63) is 0 Å². The van der Waals surface area contributed by atoms with Crippen molar-refractivity contribution >= 4 is 13.7 Å². The number of hydrogen-bond donors (Lipinski definition) is 4. The number of phosphoric ester groups is 1. The van der Waals surface area contributed by atoms with Crippen LogP contribution in [-0.4, -0.2) is 39.6 Å². The van der Waals surface area contributed by atoms with E-state index in [9.17, 15) is 14.5 Å². The van der Waals surface area contributed by atoms with Gasteiger partial charge in [-0.1, -0.05) is 149 Å². The van der Waals surface area contributed by atoms with Crippen molar-refractivity contribution < 1.29 is 28.8 Å². The fraction of sp³-hybridized carbons (Fsp3) is 0.967. The molecule has 0 heterocycles. The highest BCUT2D eigenvalue weighted by atomic mass is 31.2. The predicted molar refractivity (Wildman–Crippen MR) is 158 cm³/mol. The third-order valence-corrected chi connectivity index (χ3v) is 7.83. The van der Waals surface area contributed by atoms with Gasteiger partial charge in [0.1, 0.15) is 0 Å². The van der Waals surface area contributed by atoms with Crippen LogP contribution in [0.3, 0.4) is 0 Å². The van der Waals surface area contributed by atoms with Gasteiger partial charge in [0.2, 0.25) is 5.91 Å². The summed E-state index contributed by atoms with van der Waals surface area (Å²) in [6, 6.07) is -0.814. The Labute approximate surface area is 234 Å². The van der Waals surface area contributed by atoms with E-state index in [2.05, 4.69) is 23.7 Å². The topological polar surface area (TPSA) is 116 Å². The second-order valence-electron chi connectivity index (χ2n) is 11.1. The number of carbonyl (C=O) groups excluding carboxylic acids is 1. The predicted octanol–water partition coefficient (Wildman–Crippen LogP) is 8.34. The van der Waals surface area contributed by atoms with Crippen LogP contribution in [0.2, 0.25) is 0 Å². The number of amides is 1. The molecule has 0 saturated heterocycles. The van der Waals surface area contributed by atoms with Gasteiger partial charge in [-0.15, -0.1) is 0 Å². The summed E-state index contributed by atoms with van der Waals surface area (Å²) in [4.78, 5) is 30.5. The van der Waals surface area contributed by atoms with E-state index in [4.69, 9.17) is 9.79 Å². The maximum absolute atomic E-state index is 12.4. The normalized spacial score (nSPS) is 13.5. The number of carbonyl (C=O) groups is 1. The van der Waals surface area contributed by atoms with Gasteiger partial charge in [0.15, 0.2) is 0 Å². The molecule has 0 aromatic rings. The van der Waals surface area contributed by atoms with E-state index in [-0.39, 0.29) is 5.91 Å². The molecule has 0 bridgehead atoms.